The third kappa shape index (κ3) is 4.25. The minimum Gasteiger partial charge on any atom is -0.427 e. The molecule has 12 atom stereocenters. The number of ether oxygens (including phenoxy) is 2. The average Bonchev–Trinajstić information content (AvgIpc) is 2.71. The van der Waals surface area contributed by atoms with Gasteiger partial charge in [-0.3, -0.25) is 9.59 Å². The normalized spacial score (nSPS) is 50.6. The smallest absolute Gasteiger partial charge is 0.319 e. The highest BCUT2D eigenvalue weighted by Crippen LogP contribution is 2.33. The second kappa shape index (κ2) is 8.77. The van der Waals surface area contributed by atoms with Crippen LogP contribution >= 0.6 is 0 Å². The van der Waals surface area contributed by atoms with Gasteiger partial charge >= 0.3 is 11.9 Å². The van der Waals surface area contributed by atoms with Crippen molar-refractivity contribution in [2.24, 2.45) is 0 Å². The van der Waals surface area contributed by atoms with Crippen LogP contribution in [0.5, 0.6) is 0 Å². The first kappa shape index (κ1) is 25.7. The Morgan fingerprint density at radius 3 is 0.968 bits per heavy atom. The summed E-state index contributed by atoms with van der Waals surface area (Å²) in [5, 5.41) is 117. The van der Waals surface area contributed by atoms with Gasteiger partial charge in [0, 0.05) is 0 Å². The molecule has 2 saturated carbocycles. The molecule has 16 nitrogen and oxygen atoms in total. The molecule has 0 heterocycles. The molecule has 2 aliphatic rings. The van der Waals surface area contributed by atoms with E-state index in [1.54, 1.807) is 0 Å². The average molecular weight is 460 g/mol. The maximum Gasteiger partial charge on any atom is 0.319 e. The summed E-state index contributed by atoms with van der Waals surface area (Å²) in [7, 11) is 0. The number of rotatable bonds is 4. The Morgan fingerprint density at radius 1 is 0.516 bits per heavy atom. The molecule has 0 radical (unpaired) electrons. The van der Waals surface area contributed by atoms with Gasteiger partial charge < -0.3 is 70.8 Å². The predicted octanol–water partition coefficient (Wildman–Crippen LogP) is -8.52. The molecule has 0 saturated heterocycles. The maximum absolute atomic E-state index is 11.9. The van der Waals surface area contributed by atoms with Crippen molar-refractivity contribution in [2.75, 3.05) is 0 Å². The lowest BCUT2D eigenvalue weighted by atomic mass is 9.82. The van der Waals surface area contributed by atoms with E-state index >= 15 is 0 Å². The van der Waals surface area contributed by atoms with Crippen LogP contribution in [0.4, 0.5) is 0 Å². The lowest BCUT2D eigenvalue weighted by Crippen LogP contribution is -2.72. The molecule has 0 aliphatic heterocycles. The molecule has 12 N–H and O–H groups in total. The summed E-state index contributed by atoms with van der Waals surface area (Å²) in [4.78, 5) is 23.9. The summed E-state index contributed by atoms with van der Waals surface area (Å²) in [6, 6.07) is 0. The topological polar surface area (TPSA) is 295 Å². The lowest BCUT2D eigenvalue weighted by Gasteiger charge is -2.46. The lowest BCUT2D eigenvalue weighted by molar-refractivity contribution is -0.351. The van der Waals surface area contributed by atoms with Gasteiger partial charge in [0.1, 0.15) is 43.0 Å². The van der Waals surface area contributed by atoms with E-state index in [-0.39, 0.29) is 0 Å². The molecular formula is C15H24O16. The zero-order chi connectivity index (χ0) is 24.0. The van der Waals surface area contributed by atoms with Crippen molar-refractivity contribution in [3.8, 4) is 0 Å². The molecule has 180 valence electrons. The van der Waals surface area contributed by atoms with E-state index in [0.717, 1.165) is 0 Å². The molecule has 31 heavy (non-hydrogen) atoms. The van der Waals surface area contributed by atoms with Crippen LogP contribution in [0, 0.1) is 0 Å². The number of carbonyl (C=O) groups is 2. The second-order valence-electron chi connectivity index (χ2n) is 7.35. The quantitative estimate of drug-likeness (QED) is 0.105. The minimum atomic E-state index is -3.40. The Morgan fingerprint density at radius 2 is 0.742 bits per heavy atom. The third-order valence-corrected chi connectivity index (χ3v) is 5.23. The minimum absolute atomic E-state index is 1.53. The molecule has 0 aromatic heterocycles. The fourth-order valence-electron chi connectivity index (χ4n) is 3.28. The van der Waals surface area contributed by atoms with Gasteiger partial charge in [-0.2, -0.15) is 0 Å². The highest BCUT2D eigenvalue weighted by atomic mass is 16.7. The first-order chi connectivity index (χ1) is 14.1. The summed E-state index contributed by atoms with van der Waals surface area (Å²) >= 11 is 0. The molecule has 0 aromatic rings. The Hall–Kier alpha value is -1.54. The maximum atomic E-state index is 11.9. The largest absolute Gasteiger partial charge is 0.427 e. The van der Waals surface area contributed by atoms with Crippen LogP contribution in [-0.2, 0) is 19.1 Å². The van der Waals surface area contributed by atoms with Gasteiger partial charge in [-0.1, -0.05) is 0 Å². The number of esters is 2. The number of aliphatic hydroxyl groups is 12. The Bertz CT molecular complexity index is 596. The van der Waals surface area contributed by atoms with Crippen LogP contribution < -0.4 is 0 Å². The molecule has 2 fully saturated rings. The van der Waals surface area contributed by atoms with Crippen LogP contribution in [0.25, 0.3) is 0 Å². The SMILES string of the molecule is O=C(CC(=O)O[C@]1(O)[C@H](O)[C@H](O)[C@@H](O)[C@H](O)[C@H]1O)O[C@]1(O)[C@H](O)[C@H](O)[C@@H](O)[C@H](O)[C@H]1O. The highest BCUT2D eigenvalue weighted by Gasteiger charge is 2.62. The Labute approximate surface area is 172 Å². The van der Waals surface area contributed by atoms with E-state index in [1.165, 1.54) is 0 Å². The molecule has 16 heteroatoms. The summed E-state index contributed by atoms with van der Waals surface area (Å²) in [5.74, 6) is -10.4. The molecule has 0 bridgehead atoms. The number of aliphatic hydroxyl groups excluding tert-OH is 10. The van der Waals surface area contributed by atoms with Crippen LogP contribution in [0.1, 0.15) is 6.42 Å². The van der Waals surface area contributed by atoms with Crippen LogP contribution in [-0.4, -0.2) is 146 Å². The van der Waals surface area contributed by atoms with Gasteiger partial charge in [-0.15, -0.1) is 0 Å². The monoisotopic (exact) mass is 460 g/mol. The second-order valence-corrected chi connectivity index (χ2v) is 7.35. The van der Waals surface area contributed by atoms with Crippen LogP contribution in [0.3, 0.4) is 0 Å². The van der Waals surface area contributed by atoms with Gasteiger partial charge in [-0.25, -0.2) is 0 Å². The number of hydrogen-bond donors (Lipinski definition) is 12. The van der Waals surface area contributed by atoms with E-state index in [4.69, 9.17) is 0 Å². The van der Waals surface area contributed by atoms with Gasteiger partial charge in [0.2, 0.25) is 0 Å². The van der Waals surface area contributed by atoms with Crippen molar-refractivity contribution in [3.63, 3.8) is 0 Å². The van der Waals surface area contributed by atoms with E-state index in [9.17, 15) is 70.9 Å². The standard InChI is InChI=1S/C15H24O16/c16-2(30-14(28)10(24)6(20)4(18)7(21)11(14)25)1-3(17)31-15(29)12(26)8(22)5(19)9(23)13(15)27/h4-13,18-29H,1H2/t4-,5-,6-,7+,8-,9+,10-,11-,12-,13-,14-,15-/m1/s1. The number of hydrogen-bond acceptors (Lipinski definition) is 16. The molecule has 2 aliphatic carbocycles. The molecular weight excluding hydrogens is 436 g/mol. The zero-order valence-corrected chi connectivity index (χ0v) is 15.5. The Kier molecular flexibility index (Phi) is 7.28. The summed E-state index contributed by atoms with van der Waals surface area (Å²) in [6.45, 7) is 0. The predicted molar refractivity (Wildman–Crippen MR) is 86.8 cm³/mol. The molecule has 0 unspecified atom stereocenters. The van der Waals surface area contributed by atoms with Crippen molar-refractivity contribution in [3.05, 3.63) is 0 Å². The highest BCUT2D eigenvalue weighted by molar-refractivity contribution is 5.91. The number of carbonyl (C=O) groups excluding carboxylic acids is 2. The Balaban J connectivity index is 2.09. The van der Waals surface area contributed by atoms with Crippen LogP contribution in [0.2, 0.25) is 0 Å². The summed E-state index contributed by atoms with van der Waals surface area (Å²) < 4.78 is 8.68. The van der Waals surface area contributed by atoms with E-state index < -0.39 is 91.0 Å². The van der Waals surface area contributed by atoms with E-state index in [0.29, 0.717) is 0 Å². The first-order valence-corrected chi connectivity index (χ1v) is 8.78. The van der Waals surface area contributed by atoms with Crippen molar-refractivity contribution in [2.45, 2.75) is 79.0 Å². The fourth-order valence-corrected chi connectivity index (χ4v) is 3.28. The summed E-state index contributed by atoms with van der Waals surface area (Å²) in [5.41, 5.74) is 0. The zero-order valence-electron chi connectivity index (χ0n) is 15.5. The van der Waals surface area contributed by atoms with Crippen LogP contribution in [0.15, 0.2) is 0 Å². The molecule has 0 spiro atoms. The van der Waals surface area contributed by atoms with Gasteiger partial charge in [0.25, 0.3) is 11.6 Å². The van der Waals surface area contributed by atoms with Crippen molar-refractivity contribution < 1.29 is 80.3 Å². The first-order valence-electron chi connectivity index (χ1n) is 8.78. The van der Waals surface area contributed by atoms with Crippen molar-refractivity contribution >= 4 is 11.9 Å². The molecule has 0 amide bonds. The van der Waals surface area contributed by atoms with E-state index in [1.807, 2.05) is 0 Å². The van der Waals surface area contributed by atoms with Gasteiger partial charge in [0.15, 0.2) is 24.4 Å². The van der Waals surface area contributed by atoms with E-state index in [2.05, 4.69) is 9.47 Å². The third-order valence-electron chi connectivity index (χ3n) is 5.23. The van der Waals surface area contributed by atoms with Crippen molar-refractivity contribution in [1.82, 2.24) is 0 Å². The van der Waals surface area contributed by atoms with Crippen molar-refractivity contribution in [1.29, 1.82) is 0 Å². The summed E-state index contributed by atoms with van der Waals surface area (Å²) in [6.07, 6.45) is -25.1. The fraction of sp³-hybridized carbons (Fsp3) is 0.867. The van der Waals surface area contributed by atoms with Gasteiger partial charge in [-0.05, 0) is 0 Å². The molecule has 2 rings (SSSR count). The molecule has 0 aromatic carbocycles. The van der Waals surface area contributed by atoms with Gasteiger partial charge in [0.05, 0.1) is 0 Å².